The van der Waals surface area contributed by atoms with E-state index in [-0.39, 0.29) is 0 Å². The monoisotopic (exact) mass is 299 g/mol. The van der Waals surface area contributed by atoms with Gasteiger partial charge in [0.1, 0.15) is 11.2 Å². The molecule has 0 saturated carbocycles. The largest absolute Gasteiger partial charge is 0.246 e. The van der Waals surface area contributed by atoms with Crippen LogP contribution >= 0.6 is 0 Å². The number of para-hydroxylation sites is 2. The summed E-state index contributed by atoms with van der Waals surface area (Å²) >= 11 is 0. The fraction of sp³-hybridized carbons (Fsp3) is 0.0952. The molecule has 0 atom stereocenters. The maximum atomic E-state index is 2.30. The summed E-state index contributed by atoms with van der Waals surface area (Å²) in [5.74, 6) is 0. The molecule has 2 heteroatoms. The van der Waals surface area contributed by atoms with Gasteiger partial charge in [-0.2, -0.15) is 0 Å². The fourth-order valence-corrected chi connectivity index (χ4v) is 3.33. The lowest BCUT2D eigenvalue weighted by atomic mass is 10.1. The quantitative estimate of drug-likeness (QED) is 0.484. The van der Waals surface area contributed by atoms with Gasteiger partial charge in [0.05, 0.1) is 5.39 Å². The predicted molar refractivity (Wildman–Crippen MR) is 94.6 cm³/mol. The smallest absolute Gasteiger partial charge is 0.120 e. The second-order valence-electron chi connectivity index (χ2n) is 5.85. The number of benzene rings is 3. The van der Waals surface area contributed by atoms with Gasteiger partial charge >= 0.3 is 0 Å². The van der Waals surface area contributed by atoms with Gasteiger partial charge in [0.25, 0.3) is 0 Å². The lowest BCUT2D eigenvalue weighted by molar-refractivity contribution is -0.731. The molecular weight excluding hydrogens is 280 g/mol. The second kappa shape index (κ2) is 5.40. The highest BCUT2D eigenvalue weighted by molar-refractivity contribution is 5.92. The minimum atomic E-state index is 1.22. The molecule has 0 amide bonds. The van der Waals surface area contributed by atoms with Gasteiger partial charge in [0.15, 0.2) is 7.05 Å². The normalized spacial score (nSPS) is 11.0. The molecule has 23 heavy (non-hydrogen) atoms. The van der Waals surface area contributed by atoms with Crippen LogP contribution in [0.25, 0.3) is 27.8 Å². The van der Waals surface area contributed by atoms with Crippen molar-refractivity contribution in [3.63, 3.8) is 0 Å². The Morgan fingerprint density at radius 2 is 1.39 bits per heavy atom. The van der Waals surface area contributed by atoms with Crippen molar-refractivity contribution in [1.29, 1.82) is 0 Å². The van der Waals surface area contributed by atoms with Crippen molar-refractivity contribution in [3.8, 4) is 16.9 Å². The molecule has 0 aliphatic rings. The van der Waals surface area contributed by atoms with E-state index < -0.39 is 0 Å². The first-order valence-corrected chi connectivity index (χ1v) is 7.88. The van der Waals surface area contributed by atoms with Crippen LogP contribution in [-0.4, -0.2) is 4.68 Å². The summed E-state index contributed by atoms with van der Waals surface area (Å²) < 4.78 is 4.55. The Hall–Kier alpha value is -2.87. The van der Waals surface area contributed by atoms with Crippen molar-refractivity contribution in [2.75, 3.05) is 0 Å². The standard InChI is InChI=1S/C21H19N2/c1-16-10-6-8-14-19(16)23-20-15-9-7-13-18(20)21(22(23)2)17-11-4-3-5-12-17/h3-15H,1-2H3/q+1. The molecule has 0 unspecified atom stereocenters. The van der Waals surface area contributed by atoms with E-state index in [0.717, 1.165) is 0 Å². The van der Waals surface area contributed by atoms with Crippen molar-refractivity contribution in [2.24, 2.45) is 7.05 Å². The van der Waals surface area contributed by atoms with Crippen LogP contribution in [0.15, 0.2) is 78.9 Å². The van der Waals surface area contributed by atoms with Crippen LogP contribution in [0.2, 0.25) is 0 Å². The molecule has 1 heterocycles. The molecular formula is C21H19N2+. The molecule has 3 aromatic carbocycles. The van der Waals surface area contributed by atoms with E-state index in [9.17, 15) is 0 Å². The van der Waals surface area contributed by atoms with Crippen LogP contribution < -0.4 is 4.68 Å². The van der Waals surface area contributed by atoms with Crippen LogP contribution in [-0.2, 0) is 7.05 Å². The zero-order valence-electron chi connectivity index (χ0n) is 13.4. The van der Waals surface area contributed by atoms with E-state index >= 15 is 0 Å². The molecule has 0 radical (unpaired) electrons. The molecule has 1 aromatic heterocycles. The third kappa shape index (κ3) is 2.15. The van der Waals surface area contributed by atoms with Gasteiger partial charge < -0.3 is 0 Å². The lowest BCUT2D eigenvalue weighted by Crippen LogP contribution is -2.39. The van der Waals surface area contributed by atoms with Gasteiger partial charge in [0.2, 0.25) is 5.69 Å². The summed E-state index contributed by atoms with van der Waals surface area (Å²) in [6.45, 7) is 2.16. The summed E-state index contributed by atoms with van der Waals surface area (Å²) in [5.41, 5.74) is 6.18. The summed E-state index contributed by atoms with van der Waals surface area (Å²) in [5, 5.41) is 1.27. The van der Waals surface area contributed by atoms with E-state index in [1.807, 2.05) is 0 Å². The first-order chi connectivity index (χ1) is 11.3. The molecule has 0 N–H and O–H groups in total. The first kappa shape index (κ1) is 13.8. The van der Waals surface area contributed by atoms with Gasteiger partial charge in [-0.25, -0.2) is 0 Å². The third-order valence-electron chi connectivity index (χ3n) is 4.40. The fourth-order valence-electron chi connectivity index (χ4n) is 3.33. The third-order valence-corrected chi connectivity index (χ3v) is 4.40. The molecule has 2 nitrogen and oxygen atoms in total. The molecule has 0 aliphatic carbocycles. The minimum Gasteiger partial charge on any atom is -0.120 e. The van der Waals surface area contributed by atoms with Gasteiger partial charge in [-0.05, 0) is 42.8 Å². The number of nitrogens with zero attached hydrogens (tertiary/aromatic N) is 2. The molecule has 0 spiro atoms. The topological polar surface area (TPSA) is 8.81 Å². The van der Waals surface area contributed by atoms with E-state index in [2.05, 4.69) is 102 Å². The summed E-state index contributed by atoms with van der Waals surface area (Å²) in [6.07, 6.45) is 0. The van der Waals surface area contributed by atoms with Gasteiger partial charge in [0, 0.05) is 5.56 Å². The van der Waals surface area contributed by atoms with Crippen LogP contribution in [0, 0.1) is 6.92 Å². The number of hydrogen-bond donors (Lipinski definition) is 0. The SMILES string of the molecule is Cc1ccccc1-n1c2ccccc2c(-c2ccccc2)[n+]1C. The zero-order valence-corrected chi connectivity index (χ0v) is 13.4. The van der Waals surface area contributed by atoms with Crippen LogP contribution in [0.4, 0.5) is 0 Å². The Labute approximate surface area is 136 Å². The summed E-state index contributed by atoms with van der Waals surface area (Å²) in [4.78, 5) is 0. The van der Waals surface area contributed by atoms with Gasteiger partial charge in [-0.15, -0.1) is 9.36 Å². The Kier molecular flexibility index (Phi) is 3.23. The molecule has 0 aliphatic heterocycles. The first-order valence-electron chi connectivity index (χ1n) is 7.88. The molecule has 0 fully saturated rings. The van der Waals surface area contributed by atoms with E-state index in [1.54, 1.807) is 0 Å². The Morgan fingerprint density at radius 3 is 2.17 bits per heavy atom. The molecule has 0 bridgehead atoms. The predicted octanol–water partition coefficient (Wildman–Crippen LogP) is 4.43. The Balaban J connectivity index is 2.11. The van der Waals surface area contributed by atoms with Gasteiger partial charge in [-0.1, -0.05) is 48.5 Å². The number of hydrogen-bond acceptors (Lipinski definition) is 0. The summed E-state index contributed by atoms with van der Waals surface area (Å²) in [6, 6.07) is 27.7. The molecule has 112 valence electrons. The van der Waals surface area contributed by atoms with E-state index in [4.69, 9.17) is 0 Å². The van der Waals surface area contributed by atoms with E-state index in [0.29, 0.717) is 0 Å². The average molecular weight is 299 g/mol. The maximum absolute atomic E-state index is 2.30. The molecule has 4 aromatic rings. The zero-order chi connectivity index (χ0) is 15.8. The van der Waals surface area contributed by atoms with Crippen molar-refractivity contribution < 1.29 is 4.68 Å². The van der Waals surface area contributed by atoms with Crippen molar-refractivity contribution in [1.82, 2.24) is 4.68 Å². The number of aryl methyl sites for hydroxylation is 1. The van der Waals surface area contributed by atoms with Crippen molar-refractivity contribution >= 4 is 10.9 Å². The van der Waals surface area contributed by atoms with Crippen molar-refractivity contribution in [3.05, 3.63) is 84.4 Å². The Morgan fingerprint density at radius 1 is 0.739 bits per heavy atom. The van der Waals surface area contributed by atoms with Crippen LogP contribution in [0.1, 0.15) is 5.56 Å². The number of aromatic nitrogens is 2. The molecule has 0 saturated heterocycles. The number of rotatable bonds is 2. The average Bonchev–Trinajstić information content (AvgIpc) is 2.88. The van der Waals surface area contributed by atoms with Crippen molar-refractivity contribution in [2.45, 2.75) is 6.92 Å². The van der Waals surface area contributed by atoms with Gasteiger partial charge in [-0.3, -0.25) is 0 Å². The van der Waals surface area contributed by atoms with E-state index in [1.165, 1.54) is 33.4 Å². The number of fused-ring (bicyclic) bond motifs is 1. The maximum Gasteiger partial charge on any atom is 0.246 e. The second-order valence-corrected chi connectivity index (χ2v) is 5.85. The van der Waals surface area contributed by atoms with Crippen LogP contribution in [0.3, 0.4) is 0 Å². The highest BCUT2D eigenvalue weighted by atomic mass is 15.4. The lowest BCUT2D eigenvalue weighted by Gasteiger charge is -2.05. The highest BCUT2D eigenvalue weighted by Gasteiger charge is 2.24. The Bertz CT molecular complexity index is 981. The summed E-state index contributed by atoms with van der Waals surface area (Å²) in [7, 11) is 2.13. The highest BCUT2D eigenvalue weighted by Crippen LogP contribution is 2.28. The van der Waals surface area contributed by atoms with Crippen LogP contribution in [0.5, 0.6) is 0 Å². The molecule has 4 rings (SSSR count). The minimum absolute atomic E-state index is 1.22.